The van der Waals surface area contributed by atoms with Gasteiger partial charge in [0.15, 0.2) is 9.84 Å². The average Bonchev–Trinajstić information content (AvgIpc) is 3.07. The molecule has 4 heteroatoms. The Morgan fingerprint density at radius 1 is 1.28 bits per heavy atom. The highest BCUT2D eigenvalue weighted by molar-refractivity contribution is 7.90. The van der Waals surface area contributed by atoms with E-state index in [1.807, 2.05) is 12.1 Å². The van der Waals surface area contributed by atoms with Crippen molar-refractivity contribution in [2.45, 2.75) is 37.5 Å². The Balaban J connectivity index is 2.11. The van der Waals surface area contributed by atoms with Gasteiger partial charge in [-0.15, -0.1) is 0 Å². The van der Waals surface area contributed by atoms with Crippen LogP contribution >= 0.6 is 0 Å². The molecule has 100 valence electrons. The molecular formula is C14H21NO2S. The molecule has 1 aliphatic carbocycles. The standard InChI is InChI=1S/C14H21NO2S/c1-3-8-14(9-10-14)11-15-12-6-4-5-7-13(12)18(2,16)17/h4-7,15H,3,8-11H2,1-2H3. The van der Waals surface area contributed by atoms with Crippen molar-refractivity contribution in [1.82, 2.24) is 0 Å². The lowest BCUT2D eigenvalue weighted by Gasteiger charge is -2.17. The Hall–Kier alpha value is -1.03. The lowest BCUT2D eigenvalue weighted by atomic mass is 10.0. The van der Waals surface area contributed by atoms with Crippen LogP contribution in [0.3, 0.4) is 0 Å². The zero-order valence-electron chi connectivity index (χ0n) is 11.1. The van der Waals surface area contributed by atoms with Crippen LogP contribution in [0.15, 0.2) is 29.2 Å². The predicted octanol–water partition coefficient (Wildman–Crippen LogP) is 3.08. The summed E-state index contributed by atoms with van der Waals surface area (Å²) >= 11 is 0. The smallest absolute Gasteiger partial charge is 0.177 e. The largest absolute Gasteiger partial charge is 0.383 e. The maximum atomic E-state index is 11.7. The van der Waals surface area contributed by atoms with Crippen molar-refractivity contribution in [3.63, 3.8) is 0 Å². The number of hydrogen-bond donors (Lipinski definition) is 1. The minimum absolute atomic E-state index is 0.400. The van der Waals surface area contributed by atoms with Gasteiger partial charge >= 0.3 is 0 Å². The molecular weight excluding hydrogens is 246 g/mol. The molecule has 0 atom stereocenters. The number of sulfone groups is 1. The molecule has 0 bridgehead atoms. The third-order valence-electron chi connectivity index (χ3n) is 3.68. The van der Waals surface area contributed by atoms with Gasteiger partial charge in [0.1, 0.15) is 0 Å². The van der Waals surface area contributed by atoms with Crippen molar-refractivity contribution in [2.75, 3.05) is 18.1 Å². The molecule has 0 unspecified atom stereocenters. The van der Waals surface area contributed by atoms with Crippen LogP contribution in [0.2, 0.25) is 0 Å². The maximum Gasteiger partial charge on any atom is 0.177 e. The summed E-state index contributed by atoms with van der Waals surface area (Å²) in [5.74, 6) is 0. The topological polar surface area (TPSA) is 46.2 Å². The summed E-state index contributed by atoms with van der Waals surface area (Å²) in [6, 6.07) is 7.15. The van der Waals surface area contributed by atoms with E-state index in [2.05, 4.69) is 12.2 Å². The Labute approximate surface area is 110 Å². The molecule has 0 radical (unpaired) electrons. The molecule has 1 aromatic carbocycles. The van der Waals surface area contributed by atoms with E-state index < -0.39 is 9.84 Å². The molecule has 18 heavy (non-hydrogen) atoms. The van der Waals surface area contributed by atoms with Gasteiger partial charge in [0, 0.05) is 12.8 Å². The van der Waals surface area contributed by atoms with Gasteiger partial charge in [0.05, 0.1) is 10.6 Å². The summed E-state index contributed by atoms with van der Waals surface area (Å²) in [5, 5.41) is 3.33. The van der Waals surface area contributed by atoms with E-state index in [0.29, 0.717) is 10.3 Å². The fourth-order valence-electron chi connectivity index (χ4n) is 2.44. The zero-order valence-corrected chi connectivity index (χ0v) is 11.9. The molecule has 3 nitrogen and oxygen atoms in total. The zero-order chi connectivity index (χ0) is 13.2. The minimum atomic E-state index is -3.16. The van der Waals surface area contributed by atoms with Crippen molar-refractivity contribution in [2.24, 2.45) is 5.41 Å². The summed E-state index contributed by atoms with van der Waals surface area (Å²) in [6.45, 7) is 3.08. The minimum Gasteiger partial charge on any atom is -0.383 e. The summed E-state index contributed by atoms with van der Waals surface area (Å²) in [6.07, 6.45) is 6.19. The first-order valence-corrected chi connectivity index (χ1v) is 8.39. The van der Waals surface area contributed by atoms with Crippen LogP contribution in [0.25, 0.3) is 0 Å². The Bertz CT molecular complexity index is 518. The molecule has 1 N–H and O–H groups in total. The van der Waals surface area contributed by atoms with E-state index in [1.54, 1.807) is 12.1 Å². The molecule has 1 saturated carbocycles. The van der Waals surface area contributed by atoms with E-state index >= 15 is 0 Å². The van der Waals surface area contributed by atoms with Gasteiger partial charge in [-0.1, -0.05) is 25.5 Å². The molecule has 2 rings (SSSR count). The Morgan fingerprint density at radius 3 is 2.50 bits per heavy atom. The van der Waals surface area contributed by atoms with E-state index in [0.717, 1.165) is 12.2 Å². The lowest BCUT2D eigenvalue weighted by Crippen LogP contribution is -2.16. The Kier molecular flexibility index (Phi) is 3.66. The van der Waals surface area contributed by atoms with Crippen molar-refractivity contribution < 1.29 is 8.42 Å². The van der Waals surface area contributed by atoms with Gasteiger partial charge in [-0.3, -0.25) is 0 Å². The maximum absolute atomic E-state index is 11.7. The lowest BCUT2D eigenvalue weighted by molar-refractivity contribution is 0.485. The van der Waals surface area contributed by atoms with Crippen LogP contribution in [0, 0.1) is 5.41 Å². The fourth-order valence-corrected chi connectivity index (χ4v) is 3.31. The summed E-state index contributed by atoms with van der Waals surface area (Å²) in [5.41, 5.74) is 1.15. The quantitative estimate of drug-likeness (QED) is 0.861. The van der Waals surface area contributed by atoms with E-state index in [-0.39, 0.29) is 0 Å². The van der Waals surface area contributed by atoms with Gasteiger partial charge in [0.2, 0.25) is 0 Å². The van der Waals surface area contributed by atoms with Gasteiger partial charge in [0.25, 0.3) is 0 Å². The predicted molar refractivity (Wildman–Crippen MR) is 74.6 cm³/mol. The average molecular weight is 267 g/mol. The second kappa shape index (κ2) is 4.92. The molecule has 0 spiro atoms. The highest BCUT2D eigenvalue weighted by Crippen LogP contribution is 2.49. The van der Waals surface area contributed by atoms with Gasteiger partial charge in [-0.05, 0) is 36.8 Å². The molecule has 1 aliphatic rings. The number of hydrogen-bond acceptors (Lipinski definition) is 3. The molecule has 0 aliphatic heterocycles. The van der Waals surface area contributed by atoms with Crippen molar-refractivity contribution in [3.8, 4) is 0 Å². The van der Waals surface area contributed by atoms with Crippen molar-refractivity contribution >= 4 is 15.5 Å². The van der Waals surface area contributed by atoms with Gasteiger partial charge in [-0.2, -0.15) is 0 Å². The summed E-state index contributed by atoms with van der Waals surface area (Å²) in [4.78, 5) is 0.400. The Morgan fingerprint density at radius 2 is 1.94 bits per heavy atom. The second-order valence-corrected chi connectivity index (χ2v) is 7.36. The van der Waals surface area contributed by atoms with E-state index in [9.17, 15) is 8.42 Å². The normalized spacial score (nSPS) is 17.4. The first kappa shape index (κ1) is 13.4. The molecule has 1 fully saturated rings. The number of para-hydroxylation sites is 1. The third-order valence-corrected chi connectivity index (χ3v) is 4.83. The summed E-state index contributed by atoms with van der Waals surface area (Å²) < 4.78 is 23.4. The molecule has 0 aromatic heterocycles. The molecule has 0 amide bonds. The van der Waals surface area contributed by atoms with Crippen LogP contribution < -0.4 is 5.32 Å². The van der Waals surface area contributed by atoms with Crippen molar-refractivity contribution in [1.29, 1.82) is 0 Å². The van der Waals surface area contributed by atoms with Crippen LogP contribution in [0.5, 0.6) is 0 Å². The first-order chi connectivity index (χ1) is 8.47. The number of rotatable bonds is 6. The number of benzene rings is 1. The van der Waals surface area contributed by atoms with Crippen LogP contribution in [0.4, 0.5) is 5.69 Å². The summed E-state index contributed by atoms with van der Waals surface area (Å²) in [7, 11) is -3.16. The molecule has 0 saturated heterocycles. The highest BCUT2D eigenvalue weighted by atomic mass is 32.2. The van der Waals surface area contributed by atoms with Crippen LogP contribution in [-0.2, 0) is 9.84 Å². The SMILES string of the molecule is CCCC1(CNc2ccccc2S(C)(=O)=O)CC1. The second-order valence-electron chi connectivity index (χ2n) is 5.37. The van der Waals surface area contributed by atoms with E-state index in [1.165, 1.54) is 31.9 Å². The van der Waals surface area contributed by atoms with Gasteiger partial charge < -0.3 is 5.32 Å². The first-order valence-electron chi connectivity index (χ1n) is 6.50. The van der Waals surface area contributed by atoms with Crippen LogP contribution in [0.1, 0.15) is 32.6 Å². The van der Waals surface area contributed by atoms with Crippen LogP contribution in [-0.4, -0.2) is 21.2 Å². The number of anilines is 1. The van der Waals surface area contributed by atoms with Crippen molar-refractivity contribution in [3.05, 3.63) is 24.3 Å². The van der Waals surface area contributed by atoms with Gasteiger partial charge in [-0.25, -0.2) is 8.42 Å². The third kappa shape index (κ3) is 3.05. The molecule has 0 heterocycles. The van der Waals surface area contributed by atoms with E-state index in [4.69, 9.17) is 0 Å². The highest BCUT2D eigenvalue weighted by Gasteiger charge is 2.41. The molecule has 1 aromatic rings. The monoisotopic (exact) mass is 267 g/mol. The number of nitrogens with one attached hydrogen (secondary N) is 1. The fraction of sp³-hybridized carbons (Fsp3) is 0.571.